The number of sulfonamides is 1. The van der Waals surface area contributed by atoms with Gasteiger partial charge in [-0.3, -0.25) is 4.98 Å². The fraction of sp³-hybridized carbons (Fsp3) is 0.300. The first-order valence-corrected chi connectivity index (χ1v) is 7.26. The summed E-state index contributed by atoms with van der Waals surface area (Å²) in [5.74, 6) is -0.835. The highest BCUT2D eigenvalue weighted by Crippen LogP contribution is 2.22. The van der Waals surface area contributed by atoms with Crippen LogP contribution in [0.1, 0.15) is 18.0 Å². The van der Waals surface area contributed by atoms with Crippen LogP contribution in [0, 0.1) is 0 Å². The van der Waals surface area contributed by atoms with Gasteiger partial charge in [-0.05, 0) is 12.1 Å². The van der Waals surface area contributed by atoms with E-state index in [0.717, 1.165) is 6.26 Å². The maximum absolute atomic E-state index is 12.3. The molecule has 2 rings (SSSR count). The standard InChI is InChI=1S/C10H10F2N4O3S/c1-20(17,18)14-5-7-3-2-6(4-13-7)9-15-16-10(19-9)8(11)12/h2-4,8,14H,5H2,1H3. The van der Waals surface area contributed by atoms with Crippen LogP contribution in [-0.2, 0) is 16.6 Å². The number of halogens is 2. The Morgan fingerprint density at radius 3 is 2.60 bits per heavy atom. The van der Waals surface area contributed by atoms with Crippen LogP contribution in [0.5, 0.6) is 0 Å². The van der Waals surface area contributed by atoms with Gasteiger partial charge in [0, 0.05) is 6.20 Å². The molecule has 0 aromatic carbocycles. The zero-order chi connectivity index (χ0) is 14.8. The molecule has 0 radical (unpaired) electrons. The summed E-state index contributed by atoms with van der Waals surface area (Å²) in [6, 6.07) is 3.05. The second kappa shape index (κ2) is 5.59. The van der Waals surface area contributed by atoms with E-state index in [-0.39, 0.29) is 12.4 Å². The summed E-state index contributed by atoms with van der Waals surface area (Å²) in [5, 5.41) is 6.67. The topological polar surface area (TPSA) is 98.0 Å². The number of nitrogens with zero attached hydrogens (tertiary/aromatic N) is 3. The van der Waals surface area contributed by atoms with E-state index in [4.69, 9.17) is 4.42 Å². The first-order chi connectivity index (χ1) is 9.35. The first-order valence-electron chi connectivity index (χ1n) is 5.36. The van der Waals surface area contributed by atoms with Crippen LogP contribution in [0.3, 0.4) is 0 Å². The van der Waals surface area contributed by atoms with Crippen molar-refractivity contribution < 1.29 is 21.6 Å². The highest BCUT2D eigenvalue weighted by molar-refractivity contribution is 7.88. The second-order valence-corrected chi connectivity index (χ2v) is 5.71. The van der Waals surface area contributed by atoms with Gasteiger partial charge in [0.05, 0.1) is 24.1 Å². The van der Waals surface area contributed by atoms with E-state index in [1.54, 1.807) is 0 Å². The normalized spacial score (nSPS) is 12.0. The summed E-state index contributed by atoms with van der Waals surface area (Å²) in [4.78, 5) is 3.97. The van der Waals surface area contributed by atoms with E-state index in [1.807, 2.05) is 0 Å². The van der Waals surface area contributed by atoms with E-state index in [2.05, 4.69) is 19.9 Å². The van der Waals surface area contributed by atoms with Gasteiger partial charge in [0.2, 0.25) is 15.9 Å². The fourth-order valence-electron chi connectivity index (χ4n) is 1.30. The molecule has 0 saturated carbocycles. The molecule has 0 saturated heterocycles. The third-order valence-corrected chi connectivity index (χ3v) is 2.88. The number of nitrogens with one attached hydrogen (secondary N) is 1. The Balaban J connectivity index is 2.11. The lowest BCUT2D eigenvalue weighted by Crippen LogP contribution is -2.21. The quantitative estimate of drug-likeness (QED) is 0.888. The van der Waals surface area contributed by atoms with Crippen molar-refractivity contribution in [2.75, 3.05) is 6.26 Å². The van der Waals surface area contributed by atoms with Gasteiger partial charge in [0.15, 0.2) is 0 Å². The predicted molar refractivity (Wildman–Crippen MR) is 64.2 cm³/mol. The van der Waals surface area contributed by atoms with E-state index in [0.29, 0.717) is 11.3 Å². The fourth-order valence-corrected chi connectivity index (χ4v) is 1.71. The van der Waals surface area contributed by atoms with E-state index >= 15 is 0 Å². The highest BCUT2D eigenvalue weighted by Gasteiger charge is 2.17. The summed E-state index contributed by atoms with van der Waals surface area (Å²) < 4.78 is 53.5. The van der Waals surface area contributed by atoms with Crippen LogP contribution in [-0.4, -0.2) is 29.9 Å². The molecule has 2 aromatic rings. The molecule has 0 atom stereocenters. The van der Waals surface area contributed by atoms with Crippen molar-refractivity contribution in [1.29, 1.82) is 0 Å². The monoisotopic (exact) mass is 304 g/mol. The van der Waals surface area contributed by atoms with Gasteiger partial charge in [-0.1, -0.05) is 0 Å². The maximum Gasteiger partial charge on any atom is 0.314 e. The van der Waals surface area contributed by atoms with Gasteiger partial charge in [-0.15, -0.1) is 10.2 Å². The van der Waals surface area contributed by atoms with E-state index in [1.165, 1.54) is 18.3 Å². The second-order valence-electron chi connectivity index (χ2n) is 3.88. The van der Waals surface area contributed by atoms with Crippen LogP contribution in [0.4, 0.5) is 8.78 Å². The molecule has 2 aromatic heterocycles. The first kappa shape index (κ1) is 14.5. The Labute approximate surface area is 113 Å². The summed E-state index contributed by atoms with van der Waals surface area (Å²) in [6.45, 7) is 0.0330. The third kappa shape index (κ3) is 3.78. The van der Waals surface area contributed by atoms with Crippen molar-refractivity contribution in [2.24, 2.45) is 0 Å². The van der Waals surface area contributed by atoms with Gasteiger partial charge in [0.1, 0.15) is 0 Å². The van der Waals surface area contributed by atoms with Crippen molar-refractivity contribution in [3.8, 4) is 11.5 Å². The van der Waals surface area contributed by atoms with Gasteiger partial charge in [-0.2, -0.15) is 8.78 Å². The Kier molecular flexibility index (Phi) is 4.04. The van der Waals surface area contributed by atoms with Gasteiger partial charge in [-0.25, -0.2) is 13.1 Å². The van der Waals surface area contributed by atoms with Crippen molar-refractivity contribution in [1.82, 2.24) is 19.9 Å². The predicted octanol–water partition coefficient (Wildman–Crippen LogP) is 1.12. The van der Waals surface area contributed by atoms with Crippen LogP contribution in [0.15, 0.2) is 22.7 Å². The number of rotatable bonds is 5. The smallest absolute Gasteiger partial charge is 0.314 e. The molecule has 0 unspecified atom stereocenters. The SMILES string of the molecule is CS(=O)(=O)NCc1ccc(-c2nnc(C(F)F)o2)cn1. The summed E-state index contributed by atoms with van der Waals surface area (Å²) >= 11 is 0. The Morgan fingerprint density at radius 1 is 1.35 bits per heavy atom. The molecular formula is C10H10F2N4O3S. The van der Waals surface area contributed by atoms with Crippen LogP contribution in [0.2, 0.25) is 0 Å². The molecular weight excluding hydrogens is 294 g/mol. The van der Waals surface area contributed by atoms with Crippen LogP contribution >= 0.6 is 0 Å². The molecule has 10 heteroatoms. The minimum Gasteiger partial charge on any atom is -0.415 e. The molecule has 0 bridgehead atoms. The zero-order valence-electron chi connectivity index (χ0n) is 10.2. The molecule has 0 aliphatic rings. The Bertz CT molecular complexity index is 685. The Morgan fingerprint density at radius 2 is 2.10 bits per heavy atom. The van der Waals surface area contributed by atoms with Crippen molar-refractivity contribution in [3.05, 3.63) is 29.9 Å². The maximum atomic E-state index is 12.3. The lowest BCUT2D eigenvalue weighted by atomic mass is 10.2. The summed E-state index contributed by atoms with van der Waals surface area (Å²) in [5.41, 5.74) is 0.834. The molecule has 0 spiro atoms. The average molecular weight is 304 g/mol. The number of pyridine rings is 1. The van der Waals surface area contributed by atoms with E-state index in [9.17, 15) is 17.2 Å². The molecule has 0 amide bonds. The largest absolute Gasteiger partial charge is 0.415 e. The number of hydrogen-bond donors (Lipinski definition) is 1. The number of alkyl halides is 2. The van der Waals surface area contributed by atoms with Crippen molar-refractivity contribution >= 4 is 10.0 Å². The zero-order valence-corrected chi connectivity index (χ0v) is 11.1. The van der Waals surface area contributed by atoms with Crippen LogP contribution < -0.4 is 4.72 Å². The molecule has 0 fully saturated rings. The van der Waals surface area contributed by atoms with Crippen molar-refractivity contribution in [3.63, 3.8) is 0 Å². The minimum atomic E-state index is -3.31. The summed E-state index contributed by atoms with van der Waals surface area (Å²) in [7, 11) is -3.31. The van der Waals surface area contributed by atoms with Gasteiger partial charge >= 0.3 is 6.43 Å². The molecule has 1 N–H and O–H groups in total. The number of hydrogen-bond acceptors (Lipinski definition) is 6. The minimum absolute atomic E-state index is 0.0330. The molecule has 0 aliphatic heterocycles. The van der Waals surface area contributed by atoms with Crippen molar-refractivity contribution in [2.45, 2.75) is 13.0 Å². The van der Waals surface area contributed by atoms with E-state index < -0.39 is 22.3 Å². The Hall–Kier alpha value is -1.94. The summed E-state index contributed by atoms with van der Waals surface area (Å²) in [6.07, 6.45) is -0.462. The lowest BCUT2D eigenvalue weighted by Gasteiger charge is -2.02. The third-order valence-electron chi connectivity index (χ3n) is 2.21. The average Bonchev–Trinajstić information content (AvgIpc) is 2.86. The highest BCUT2D eigenvalue weighted by atomic mass is 32.2. The van der Waals surface area contributed by atoms with Crippen LogP contribution in [0.25, 0.3) is 11.5 Å². The van der Waals surface area contributed by atoms with Gasteiger partial charge in [0.25, 0.3) is 5.89 Å². The molecule has 0 aliphatic carbocycles. The molecule has 108 valence electrons. The lowest BCUT2D eigenvalue weighted by molar-refractivity contribution is 0.116. The molecule has 2 heterocycles. The number of aromatic nitrogens is 3. The molecule has 20 heavy (non-hydrogen) atoms. The molecule has 7 nitrogen and oxygen atoms in total. The van der Waals surface area contributed by atoms with Gasteiger partial charge < -0.3 is 4.42 Å².